The molecule has 0 saturated heterocycles. The van der Waals surface area contributed by atoms with Gasteiger partial charge in [-0.3, -0.25) is 0 Å². The highest BCUT2D eigenvalue weighted by molar-refractivity contribution is 7.15. The lowest BCUT2D eigenvalue weighted by Crippen LogP contribution is -1.91. The lowest BCUT2D eigenvalue weighted by atomic mass is 10.3. The lowest BCUT2D eigenvalue weighted by Gasteiger charge is -2.01. The van der Waals surface area contributed by atoms with Crippen molar-refractivity contribution in [3.05, 3.63) is 35.2 Å². The van der Waals surface area contributed by atoms with Gasteiger partial charge in [-0.1, -0.05) is 13.0 Å². The first-order valence-electron chi connectivity index (χ1n) is 5.07. The molecule has 0 aliphatic heterocycles. The van der Waals surface area contributed by atoms with Gasteiger partial charge >= 0.3 is 0 Å². The zero-order chi connectivity index (χ0) is 10.7. The minimum atomic E-state index is 0.916. The minimum absolute atomic E-state index is 0.916. The first-order valence-corrected chi connectivity index (χ1v) is 5.89. The normalized spacial score (nSPS) is 10.3. The third-order valence-electron chi connectivity index (χ3n) is 2.27. The van der Waals surface area contributed by atoms with Gasteiger partial charge in [0.2, 0.25) is 0 Å². The summed E-state index contributed by atoms with van der Waals surface area (Å²) < 4.78 is 0. The molecule has 0 unspecified atom stereocenters. The molecule has 0 aliphatic carbocycles. The Labute approximate surface area is 94.0 Å². The highest BCUT2D eigenvalue weighted by Crippen LogP contribution is 2.27. The van der Waals surface area contributed by atoms with Gasteiger partial charge in [0.1, 0.15) is 5.82 Å². The van der Waals surface area contributed by atoms with E-state index in [9.17, 15) is 0 Å². The Bertz CT molecular complexity index is 448. The summed E-state index contributed by atoms with van der Waals surface area (Å²) in [6, 6.07) is 10.4. The maximum absolute atomic E-state index is 4.51. The number of rotatable bonds is 3. The highest BCUT2D eigenvalue weighted by Gasteiger charge is 2.03. The van der Waals surface area contributed by atoms with Crippen molar-refractivity contribution < 1.29 is 0 Å². The third-order valence-corrected chi connectivity index (χ3v) is 3.52. The smallest absolute Gasteiger partial charge is 0.126 e. The Morgan fingerprint density at radius 3 is 2.80 bits per heavy atom. The van der Waals surface area contributed by atoms with Gasteiger partial charge in [-0.15, -0.1) is 11.3 Å². The fraction of sp³-hybridized carbons (Fsp3) is 0.250. The van der Waals surface area contributed by atoms with Gasteiger partial charge in [-0.25, -0.2) is 4.98 Å². The molecule has 0 saturated carbocycles. The maximum Gasteiger partial charge on any atom is 0.126 e. The van der Waals surface area contributed by atoms with E-state index in [-0.39, 0.29) is 0 Å². The van der Waals surface area contributed by atoms with Crippen LogP contribution >= 0.6 is 11.3 Å². The second kappa shape index (κ2) is 4.45. The van der Waals surface area contributed by atoms with Gasteiger partial charge < -0.3 is 5.32 Å². The predicted octanol–water partition coefficient (Wildman–Crippen LogP) is 3.41. The van der Waals surface area contributed by atoms with Crippen LogP contribution in [0.15, 0.2) is 30.3 Å². The average Bonchev–Trinajstić information content (AvgIpc) is 2.78. The van der Waals surface area contributed by atoms with Crippen molar-refractivity contribution in [2.45, 2.75) is 13.3 Å². The average molecular weight is 218 g/mol. The van der Waals surface area contributed by atoms with E-state index < -0.39 is 0 Å². The van der Waals surface area contributed by atoms with Crippen molar-refractivity contribution in [3.8, 4) is 10.6 Å². The van der Waals surface area contributed by atoms with Crippen LogP contribution < -0.4 is 5.32 Å². The molecular formula is C12H14N2S. The topological polar surface area (TPSA) is 24.9 Å². The summed E-state index contributed by atoms with van der Waals surface area (Å²) >= 11 is 1.81. The lowest BCUT2D eigenvalue weighted by molar-refractivity contribution is 1.19. The van der Waals surface area contributed by atoms with Gasteiger partial charge in [-0.2, -0.15) is 0 Å². The molecule has 0 radical (unpaired) electrons. The molecule has 2 aromatic heterocycles. The van der Waals surface area contributed by atoms with E-state index >= 15 is 0 Å². The van der Waals surface area contributed by atoms with E-state index in [0.717, 1.165) is 17.9 Å². The fourth-order valence-electron chi connectivity index (χ4n) is 1.42. The Morgan fingerprint density at radius 2 is 2.13 bits per heavy atom. The quantitative estimate of drug-likeness (QED) is 0.854. The molecule has 2 nitrogen and oxygen atoms in total. The standard InChI is InChI=1S/C12H14N2S/c1-3-9-7-8-11(15-9)10-5-4-6-12(13-2)14-10/h4-8H,3H2,1-2H3,(H,13,14). The molecule has 15 heavy (non-hydrogen) atoms. The van der Waals surface area contributed by atoms with Crippen molar-refractivity contribution in [1.29, 1.82) is 0 Å². The molecule has 1 N–H and O–H groups in total. The van der Waals surface area contributed by atoms with Crippen molar-refractivity contribution in [2.75, 3.05) is 12.4 Å². The zero-order valence-electron chi connectivity index (χ0n) is 8.95. The predicted molar refractivity (Wildman–Crippen MR) is 66.5 cm³/mol. The number of pyridine rings is 1. The number of anilines is 1. The molecule has 0 amide bonds. The highest BCUT2D eigenvalue weighted by atomic mass is 32.1. The van der Waals surface area contributed by atoms with E-state index in [2.05, 4.69) is 29.4 Å². The van der Waals surface area contributed by atoms with Gasteiger partial charge in [0, 0.05) is 11.9 Å². The van der Waals surface area contributed by atoms with E-state index in [1.165, 1.54) is 9.75 Å². The van der Waals surface area contributed by atoms with Crippen LogP contribution in [0, 0.1) is 0 Å². The number of nitrogens with zero attached hydrogens (tertiary/aromatic N) is 1. The molecule has 0 aromatic carbocycles. The summed E-state index contributed by atoms with van der Waals surface area (Å²) in [6.07, 6.45) is 1.09. The first kappa shape index (κ1) is 10.2. The molecule has 78 valence electrons. The molecule has 2 aromatic rings. The minimum Gasteiger partial charge on any atom is -0.373 e. The number of nitrogens with one attached hydrogen (secondary N) is 1. The van der Waals surface area contributed by atoms with E-state index in [4.69, 9.17) is 0 Å². The van der Waals surface area contributed by atoms with Gasteiger partial charge in [0.25, 0.3) is 0 Å². The van der Waals surface area contributed by atoms with Crippen LogP contribution in [0.25, 0.3) is 10.6 Å². The van der Waals surface area contributed by atoms with Crippen LogP contribution in [0.3, 0.4) is 0 Å². The number of aryl methyl sites for hydroxylation is 1. The van der Waals surface area contributed by atoms with Crippen molar-refractivity contribution in [2.24, 2.45) is 0 Å². The Balaban J connectivity index is 2.35. The van der Waals surface area contributed by atoms with Crippen LogP contribution in [0.2, 0.25) is 0 Å². The second-order valence-corrected chi connectivity index (χ2v) is 4.45. The summed E-state index contributed by atoms with van der Waals surface area (Å²) in [5.41, 5.74) is 1.05. The number of thiophene rings is 1. The Hall–Kier alpha value is -1.35. The molecule has 3 heteroatoms. The van der Waals surface area contributed by atoms with Crippen LogP contribution in [0.1, 0.15) is 11.8 Å². The Kier molecular flexibility index (Phi) is 3.02. The van der Waals surface area contributed by atoms with Crippen LogP contribution in [0.5, 0.6) is 0 Å². The number of aromatic nitrogens is 1. The molecule has 0 aliphatic rings. The zero-order valence-corrected chi connectivity index (χ0v) is 9.77. The van der Waals surface area contributed by atoms with Crippen molar-refractivity contribution in [3.63, 3.8) is 0 Å². The van der Waals surface area contributed by atoms with Crippen molar-refractivity contribution >= 4 is 17.2 Å². The number of hydrogen-bond acceptors (Lipinski definition) is 3. The van der Waals surface area contributed by atoms with Gasteiger partial charge in [-0.05, 0) is 30.7 Å². The molecule has 0 spiro atoms. The number of hydrogen-bond donors (Lipinski definition) is 1. The summed E-state index contributed by atoms with van der Waals surface area (Å²) in [4.78, 5) is 7.15. The third kappa shape index (κ3) is 2.18. The van der Waals surface area contributed by atoms with Crippen LogP contribution in [0.4, 0.5) is 5.82 Å². The van der Waals surface area contributed by atoms with E-state index in [1.54, 1.807) is 0 Å². The second-order valence-electron chi connectivity index (χ2n) is 3.28. The van der Waals surface area contributed by atoms with E-state index in [0.29, 0.717) is 0 Å². The SMILES string of the molecule is CCc1ccc(-c2cccc(NC)n2)s1. The fourth-order valence-corrected chi connectivity index (χ4v) is 2.33. The molecule has 0 bridgehead atoms. The summed E-state index contributed by atoms with van der Waals surface area (Å²) in [7, 11) is 1.89. The molecule has 0 atom stereocenters. The van der Waals surface area contributed by atoms with E-state index in [1.807, 2.05) is 36.6 Å². The molecule has 2 heterocycles. The first-order chi connectivity index (χ1) is 7.33. The molecular weight excluding hydrogens is 204 g/mol. The van der Waals surface area contributed by atoms with Gasteiger partial charge in [0.05, 0.1) is 10.6 Å². The van der Waals surface area contributed by atoms with Crippen molar-refractivity contribution in [1.82, 2.24) is 4.98 Å². The summed E-state index contributed by atoms with van der Waals surface area (Å²) in [5.74, 6) is 0.916. The summed E-state index contributed by atoms with van der Waals surface area (Å²) in [5, 5.41) is 3.05. The molecule has 2 rings (SSSR count). The summed E-state index contributed by atoms with van der Waals surface area (Å²) in [6.45, 7) is 2.17. The Morgan fingerprint density at radius 1 is 1.27 bits per heavy atom. The largest absolute Gasteiger partial charge is 0.373 e. The van der Waals surface area contributed by atoms with Crippen LogP contribution in [-0.4, -0.2) is 12.0 Å². The molecule has 0 fully saturated rings. The monoisotopic (exact) mass is 218 g/mol. The van der Waals surface area contributed by atoms with Gasteiger partial charge in [0.15, 0.2) is 0 Å². The maximum atomic E-state index is 4.51. The van der Waals surface area contributed by atoms with Crippen LogP contribution in [-0.2, 0) is 6.42 Å².